The summed E-state index contributed by atoms with van der Waals surface area (Å²) in [4.78, 5) is 23.7. The number of carbonyl (C=O) groups excluding carboxylic acids is 2. The Balaban J connectivity index is 2.79. The Hall–Kier alpha value is -0.880. The van der Waals surface area contributed by atoms with Crippen LogP contribution in [0.5, 0.6) is 0 Å². The van der Waals surface area contributed by atoms with E-state index in [0.717, 1.165) is 20.1 Å². The van der Waals surface area contributed by atoms with E-state index in [2.05, 4.69) is 31.9 Å². The Bertz CT molecular complexity index is 569. The first kappa shape index (κ1) is 21.2. The van der Waals surface area contributed by atoms with Crippen molar-refractivity contribution in [3.63, 3.8) is 0 Å². The summed E-state index contributed by atoms with van der Waals surface area (Å²) in [5.41, 5.74) is 0.603. The van der Waals surface area contributed by atoms with E-state index in [4.69, 9.17) is 9.47 Å². The molecular formula is C18H24Br2O4. The molecule has 0 fully saturated rings. The monoisotopic (exact) mass is 462 g/mol. The molecule has 0 bridgehead atoms. The molecule has 0 N–H and O–H groups in total. The second-order valence-electron chi connectivity index (χ2n) is 7.69. The van der Waals surface area contributed by atoms with E-state index in [1.807, 2.05) is 53.7 Å². The Morgan fingerprint density at radius 3 is 1.33 bits per heavy atom. The van der Waals surface area contributed by atoms with Gasteiger partial charge in [-0.15, -0.1) is 0 Å². The minimum Gasteiger partial charge on any atom is -0.460 e. The lowest BCUT2D eigenvalue weighted by Gasteiger charge is -2.18. The van der Waals surface area contributed by atoms with E-state index in [9.17, 15) is 9.59 Å². The van der Waals surface area contributed by atoms with Crippen molar-refractivity contribution in [2.45, 2.75) is 54.8 Å². The number of rotatable bonds is 4. The van der Waals surface area contributed by atoms with Gasteiger partial charge in [-0.2, -0.15) is 0 Å². The van der Waals surface area contributed by atoms with Crippen molar-refractivity contribution in [2.75, 3.05) is 0 Å². The highest BCUT2D eigenvalue weighted by atomic mass is 79.9. The van der Waals surface area contributed by atoms with Gasteiger partial charge in [0.2, 0.25) is 0 Å². The molecule has 0 saturated carbocycles. The van der Waals surface area contributed by atoms with E-state index in [1.165, 1.54) is 0 Å². The molecule has 0 aromatic heterocycles. The summed E-state index contributed by atoms with van der Waals surface area (Å²) in [6.45, 7) is 11.2. The lowest BCUT2D eigenvalue weighted by Crippen LogP contribution is -2.23. The van der Waals surface area contributed by atoms with Gasteiger partial charge in [-0.1, -0.05) is 31.9 Å². The first-order valence-corrected chi connectivity index (χ1v) is 9.22. The van der Waals surface area contributed by atoms with Crippen LogP contribution in [0.3, 0.4) is 0 Å². The molecule has 0 unspecified atom stereocenters. The van der Waals surface area contributed by atoms with Gasteiger partial charge >= 0.3 is 11.9 Å². The van der Waals surface area contributed by atoms with Crippen molar-refractivity contribution in [1.82, 2.24) is 0 Å². The molecule has 0 aliphatic carbocycles. The molecule has 0 heterocycles. The summed E-state index contributed by atoms with van der Waals surface area (Å²) in [7, 11) is 0. The normalized spacial score (nSPS) is 12.0. The fourth-order valence-corrected chi connectivity index (χ4v) is 2.58. The molecule has 1 rings (SSSR count). The Kier molecular flexibility index (Phi) is 7.05. The zero-order valence-corrected chi connectivity index (χ0v) is 18.1. The summed E-state index contributed by atoms with van der Waals surface area (Å²) in [6.07, 6.45) is 0. The smallest absolute Gasteiger partial charge is 0.311 e. The number of carbonyl (C=O) groups is 2. The summed E-state index contributed by atoms with van der Waals surface area (Å²) >= 11 is 6.95. The quantitative estimate of drug-likeness (QED) is 0.561. The maximum Gasteiger partial charge on any atom is 0.311 e. The predicted molar refractivity (Wildman–Crippen MR) is 100 cm³/mol. The van der Waals surface area contributed by atoms with Gasteiger partial charge < -0.3 is 9.47 Å². The molecule has 0 saturated heterocycles. The fourth-order valence-electron chi connectivity index (χ4n) is 1.57. The summed E-state index contributed by atoms with van der Waals surface area (Å²) < 4.78 is 12.3. The van der Waals surface area contributed by atoms with Crippen LogP contribution in [0.15, 0.2) is 21.1 Å². The predicted octanol–water partition coefficient (Wildman–Crippen LogP) is 5.39. The van der Waals surface area contributed by atoms with Gasteiger partial charge in [0.15, 0.2) is 0 Å². The average Bonchev–Trinajstić information content (AvgIpc) is 2.43. The van der Waals surface area contributed by atoms with Crippen LogP contribution in [0.25, 0.3) is 0 Å². The van der Waals surface area contributed by atoms with Crippen LogP contribution in [0.4, 0.5) is 0 Å². The lowest BCUT2D eigenvalue weighted by atomic mass is 9.97. The summed E-state index contributed by atoms with van der Waals surface area (Å²) in [6, 6.07) is 3.72. The van der Waals surface area contributed by atoms with Gasteiger partial charge in [-0.25, -0.2) is 0 Å². The molecule has 4 nitrogen and oxygen atoms in total. The van der Waals surface area contributed by atoms with Crippen LogP contribution >= 0.6 is 31.9 Å². The van der Waals surface area contributed by atoms with Gasteiger partial charge in [-0.3, -0.25) is 9.59 Å². The lowest BCUT2D eigenvalue weighted by molar-refractivity contribution is -0.155. The Labute approximate surface area is 160 Å². The molecule has 0 radical (unpaired) electrons. The molecule has 0 atom stereocenters. The van der Waals surface area contributed by atoms with Crippen molar-refractivity contribution in [3.05, 3.63) is 32.2 Å². The zero-order chi connectivity index (χ0) is 18.7. The van der Waals surface area contributed by atoms with Crippen LogP contribution in [0, 0.1) is 10.8 Å². The number of halogens is 2. The van der Waals surface area contributed by atoms with Gasteiger partial charge in [0, 0.05) is 20.1 Å². The second-order valence-corrected chi connectivity index (χ2v) is 9.40. The SMILES string of the molecule is CC(C)(C)C(=O)OCc1cc(Br)c(COC(=O)C(C)(C)C)cc1Br. The molecule has 0 spiro atoms. The Morgan fingerprint density at radius 1 is 0.792 bits per heavy atom. The zero-order valence-electron chi connectivity index (χ0n) is 15.0. The van der Waals surface area contributed by atoms with Gasteiger partial charge in [0.25, 0.3) is 0 Å². The van der Waals surface area contributed by atoms with Crippen LogP contribution in [0.1, 0.15) is 52.7 Å². The molecule has 0 aliphatic heterocycles. The van der Waals surface area contributed by atoms with Crippen LogP contribution < -0.4 is 0 Å². The number of ether oxygens (including phenoxy) is 2. The molecule has 1 aromatic carbocycles. The highest BCUT2D eigenvalue weighted by Crippen LogP contribution is 2.29. The van der Waals surface area contributed by atoms with Gasteiger partial charge in [0.05, 0.1) is 10.8 Å². The van der Waals surface area contributed by atoms with E-state index in [0.29, 0.717) is 0 Å². The largest absolute Gasteiger partial charge is 0.460 e. The highest BCUT2D eigenvalue weighted by Gasteiger charge is 2.24. The van der Waals surface area contributed by atoms with Crippen molar-refractivity contribution >= 4 is 43.8 Å². The molecular weight excluding hydrogens is 440 g/mol. The minimum absolute atomic E-state index is 0.178. The third-order valence-corrected chi connectivity index (χ3v) is 4.63. The molecule has 1 aromatic rings. The molecule has 6 heteroatoms. The number of benzene rings is 1. The van der Waals surface area contributed by atoms with E-state index in [-0.39, 0.29) is 25.2 Å². The third kappa shape index (κ3) is 6.20. The Morgan fingerprint density at radius 2 is 1.08 bits per heavy atom. The maximum absolute atomic E-state index is 11.9. The molecule has 24 heavy (non-hydrogen) atoms. The number of hydrogen-bond acceptors (Lipinski definition) is 4. The minimum atomic E-state index is -0.537. The molecule has 134 valence electrons. The van der Waals surface area contributed by atoms with Gasteiger partial charge in [0.1, 0.15) is 13.2 Å². The van der Waals surface area contributed by atoms with E-state index >= 15 is 0 Å². The number of hydrogen-bond donors (Lipinski definition) is 0. The fraction of sp³-hybridized carbons (Fsp3) is 0.556. The van der Waals surface area contributed by atoms with E-state index < -0.39 is 10.8 Å². The van der Waals surface area contributed by atoms with Crippen molar-refractivity contribution < 1.29 is 19.1 Å². The van der Waals surface area contributed by atoms with Crippen molar-refractivity contribution in [1.29, 1.82) is 0 Å². The summed E-state index contributed by atoms with van der Waals surface area (Å²) in [5, 5.41) is 0. The van der Waals surface area contributed by atoms with Crippen LogP contribution in [-0.4, -0.2) is 11.9 Å². The van der Waals surface area contributed by atoms with Gasteiger partial charge in [-0.05, 0) is 53.7 Å². The topological polar surface area (TPSA) is 52.6 Å². The average molecular weight is 464 g/mol. The van der Waals surface area contributed by atoms with E-state index in [1.54, 1.807) is 0 Å². The second kappa shape index (κ2) is 8.00. The standard InChI is InChI=1S/C18H24Br2O4/c1-17(2,3)15(21)23-9-11-7-14(20)12(8-13(11)19)10-24-16(22)18(4,5)6/h7-8H,9-10H2,1-6H3. The molecule has 0 aliphatic rings. The first-order valence-electron chi connectivity index (χ1n) is 7.63. The highest BCUT2D eigenvalue weighted by molar-refractivity contribution is 9.11. The summed E-state index contributed by atoms with van der Waals surface area (Å²) in [5.74, 6) is -0.512. The van der Waals surface area contributed by atoms with Crippen LogP contribution in [0.2, 0.25) is 0 Å². The maximum atomic E-state index is 11.9. The molecule has 0 amide bonds. The first-order chi connectivity index (χ1) is 10.8. The van der Waals surface area contributed by atoms with Crippen molar-refractivity contribution in [3.8, 4) is 0 Å². The third-order valence-electron chi connectivity index (χ3n) is 3.16. The van der Waals surface area contributed by atoms with Crippen molar-refractivity contribution in [2.24, 2.45) is 10.8 Å². The number of esters is 2. The van der Waals surface area contributed by atoms with Crippen LogP contribution in [-0.2, 0) is 32.3 Å².